The number of carbonyl (C=O) groups is 6. The number of ether oxygens (including phenoxy) is 4. The summed E-state index contributed by atoms with van der Waals surface area (Å²) in [7, 11) is 1.26. The lowest BCUT2D eigenvalue weighted by atomic mass is 9.93. The molecule has 0 aromatic rings. The van der Waals surface area contributed by atoms with E-state index >= 15 is 0 Å². The van der Waals surface area contributed by atoms with Gasteiger partial charge in [-0.05, 0) is 12.8 Å². The van der Waals surface area contributed by atoms with Crippen LogP contribution in [0.15, 0.2) is 0 Å². The van der Waals surface area contributed by atoms with Crippen LogP contribution in [0.2, 0.25) is 0 Å². The summed E-state index contributed by atoms with van der Waals surface area (Å²) in [5.41, 5.74) is 0. The number of thioether (sulfide) groups is 1. The summed E-state index contributed by atoms with van der Waals surface area (Å²) in [4.78, 5) is 73.5. The van der Waals surface area contributed by atoms with Crippen LogP contribution in [0.1, 0.15) is 46.0 Å². The zero-order chi connectivity index (χ0) is 39.0. The minimum Gasteiger partial charge on any atom is -0.480 e. The molecule has 22 heteroatoms. The predicted octanol–water partition coefficient (Wildman–Crippen LogP) is -4.65. The Bertz CT molecular complexity index is 1330. The van der Waals surface area contributed by atoms with Gasteiger partial charge in [0, 0.05) is 38.4 Å². The molecule has 53 heavy (non-hydrogen) atoms. The van der Waals surface area contributed by atoms with Crippen molar-refractivity contribution in [2.24, 2.45) is 0 Å². The summed E-state index contributed by atoms with van der Waals surface area (Å²) in [6, 6.07) is -4.48. The van der Waals surface area contributed by atoms with Crippen LogP contribution in [0.25, 0.3) is 0 Å². The first-order valence-electron chi connectivity index (χ1n) is 17.3. The zero-order valence-corrected chi connectivity index (χ0v) is 30.3. The Kier molecular flexibility index (Phi) is 15.4. The first-order chi connectivity index (χ1) is 25.2. The van der Waals surface area contributed by atoms with Gasteiger partial charge in [0.05, 0.1) is 31.7 Å². The predicted molar refractivity (Wildman–Crippen MR) is 181 cm³/mol. The molecule has 0 aromatic heterocycles. The van der Waals surface area contributed by atoms with E-state index in [4.69, 9.17) is 18.9 Å². The van der Waals surface area contributed by atoms with Crippen molar-refractivity contribution in [3.05, 3.63) is 0 Å². The van der Waals surface area contributed by atoms with E-state index in [-0.39, 0.29) is 29.8 Å². The summed E-state index contributed by atoms with van der Waals surface area (Å²) in [6.45, 7) is 0.843. The quantitative estimate of drug-likeness (QED) is 0.0489. The second-order valence-electron chi connectivity index (χ2n) is 13.3. The molecule has 0 spiro atoms. The van der Waals surface area contributed by atoms with Gasteiger partial charge < -0.3 is 76.4 Å². The maximum absolute atomic E-state index is 13.1. The van der Waals surface area contributed by atoms with Gasteiger partial charge in [0.25, 0.3) is 0 Å². The molecular weight excluding hydrogens is 728 g/mol. The first-order valence-corrected chi connectivity index (χ1v) is 18.3. The molecule has 0 radical (unpaired) electrons. The molecule has 0 aromatic carbocycles. The van der Waals surface area contributed by atoms with Gasteiger partial charge >= 0.3 is 12.0 Å². The number of rotatable bonds is 17. The van der Waals surface area contributed by atoms with Gasteiger partial charge in [0.2, 0.25) is 23.6 Å². The second-order valence-corrected chi connectivity index (χ2v) is 14.6. The van der Waals surface area contributed by atoms with Gasteiger partial charge in [-0.1, -0.05) is 6.42 Å². The Balaban J connectivity index is 1.36. The Morgan fingerprint density at radius 1 is 0.906 bits per heavy atom. The molecule has 0 aliphatic carbocycles. The van der Waals surface area contributed by atoms with Gasteiger partial charge in [-0.25, -0.2) is 9.59 Å². The van der Waals surface area contributed by atoms with E-state index in [0.29, 0.717) is 12.8 Å². The Hall–Kier alpha value is -3.35. The third-order valence-electron chi connectivity index (χ3n) is 9.46. The van der Waals surface area contributed by atoms with Crippen LogP contribution in [0.3, 0.4) is 0 Å². The number of nitrogens with one attached hydrogen (secondary N) is 6. The van der Waals surface area contributed by atoms with Crippen molar-refractivity contribution >= 4 is 47.4 Å². The fourth-order valence-electron chi connectivity index (χ4n) is 6.95. The number of methoxy groups -OCH3 is 1. The number of aliphatic hydroxyl groups excluding tert-OH is 4. The van der Waals surface area contributed by atoms with Crippen LogP contribution >= 0.6 is 11.8 Å². The van der Waals surface area contributed by atoms with Crippen molar-refractivity contribution in [3.8, 4) is 0 Å². The number of carboxylic acid groups (broad SMARTS) is 1. The van der Waals surface area contributed by atoms with E-state index in [1.165, 1.54) is 14.0 Å². The molecule has 4 aliphatic rings. The highest BCUT2D eigenvalue weighted by atomic mass is 32.2. The number of hydrogen-bond acceptors (Lipinski definition) is 15. The molecule has 300 valence electrons. The summed E-state index contributed by atoms with van der Waals surface area (Å²) < 4.78 is 22.8. The number of fused-ring (bicyclic) bond motifs is 1. The van der Waals surface area contributed by atoms with Crippen LogP contribution in [-0.4, -0.2) is 172 Å². The highest BCUT2D eigenvalue weighted by Crippen LogP contribution is 2.33. The average molecular weight is 779 g/mol. The SMILES string of the molecule is COC1C(CO)OC(OC2C(CO)OC(NC(=O)CC(NC(=O)CCCCC3SCC4NC(=O)NC43)C(=O)O)C(NC(C)=O)C2O)C(NC(C)=O)C1O. The fourth-order valence-corrected chi connectivity index (χ4v) is 8.49. The lowest BCUT2D eigenvalue weighted by molar-refractivity contribution is -0.317. The summed E-state index contributed by atoms with van der Waals surface area (Å²) in [5, 5.41) is 67.8. The monoisotopic (exact) mass is 778 g/mol. The molecule has 14 atom stereocenters. The maximum Gasteiger partial charge on any atom is 0.326 e. The third kappa shape index (κ3) is 10.9. The fraction of sp³-hybridized carbons (Fsp3) is 0.806. The molecule has 4 rings (SSSR count). The van der Waals surface area contributed by atoms with Crippen molar-refractivity contribution in [1.29, 1.82) is 0 Å². The van der Waals surface area contributed by atoms with Crippen molar-refractivity contribution in [2.45, 2.75) is 131 Å². The molecule has 4 fully saturated rings. The van der Waals surface area contributed by atoms with E-state index in [9.17, 15) is 54.3 Å². The van der Waals surface area contributed by atoms with Crippen LogP contribution in [0, 0.1) is 0 Å². The molecule has 0 saturated carbocycles. The molecule has 0 bridgehead atoms. The normalized spacial score (nSPS) is 35.6. The molecule has 4 aliphatic heterocycles. The zero-order valence-electron chi connectivity index (χ0n) is 29.5. The lowest BCUT2D eigenvalue weighted by Crippen LogP contribution is -2.71. The van der Waals surface area contributed by atoms with Crippen molar-refractivity contribution in [1.82, 2.24) is 31.9 Å². The number of amides is 6. The molecule has 21 nitrogen and oxygen atoms in total. The minimum absolute atomic E-state index is 0.000696. The highest BCUT2D eigenvalue weighted by molar-refractivity contribution is 8.00. The number of carboxylic acids is 1. The van der Waals surface area contributed by atoms with Gasteiger partial charge in [0.1, 0.15) is 54.7 Å². The standard InChI is InChI=1S/C31H50N6O15S/c1-12(40)32-22-24(44)27(52-30-23(33-13(2)41)25(45)26(49-3)16(9-38)51-30)17(10-39)50-28(22)36-20(43)8-14(29(46)47)34-19(42)7-5-4-6-18-21-15(11-53-18)35-31(48)37-21/h14-18,21-28,30,38-39,44-45H,4-11H2,1-3H3,(H,32,40)(H,33,41)(H,34,42)(H,36,43)(H,46,47)(H2,35,37,48). The molecule has 6 amide bonds. The number of unbranched alkanes of at least 4 members (excludes halogenated alkanes) is 1. The first kappa shape index (κ1) is 42.4. The van der Waals surface area contributed by atoms with Gasteiger partial charge in [0.15, 0.2) is 12.5 Å². The van der Waals surface area contributed by atoms with Crippen molar-refractivity contribution in [3.63, 3.8) is 0 Å². The highest BCUT2D eigenvalue weighted by Gasteiger charge is 2.52. The van der Waals surface area contributed by atoms with Gasteiger partial charge in [-0.3, -0.25) is 19.2 Å². The van der Waals surface area contributed by atoms with E-state index < -0.39 is 116 Å². The van der Waals surface area contributed by atoms with Crippen LogP contribution in [-0.2, 0) is 42.9 Å². The maximum atomic E-state index is 13.1. The van der Waals surface area contributed by atoms with Gasteiger partial charge in [-0.2, -0.15) is 11.8 Å². The second kappa shape index (κ2) is 19.3. The van der Waals surface area contributed by atoms with E-state index in [1.54, 1.807) is 11.8 Å². The van der Waals surface area contributed by atoms with Crippen LogP contribution in [0.4, 0.5) is 4.79 Å². The van der Waals surface area contributed by atoms with E-state index in [1.807, 2.05) is 0 Å². The molecular formula is C31H50N6O15S. The Morgan fingerprint density at radius 2 is 1.55 bits per heavy atom. The number of urea groups is 1. The number of aliphatic hydroxyl groups is 4. The summed E-state index contributed by atoms with van der Waals surface area (Å²) in [6.07, 6.45) is -10.4. The van der Waals surface area contributed by atoms with Crippen molar-refractivity contribution < 1.29 is 73.2 Å². The van der Waals surface area contributed by atoms with Crippen molar-refractivity contribution in [2.75, 3.05) is 26.1 Å². The number of aliphatic carboxylic acids is 1. The topological polar surface area (TPSA) is 313 Å². The number of carbonyl (C=O) groups excluding carboxylic acids is 5. The largest absolute Gasteiger partial charge is 0.480 e. The van der Waals surface area contributed by atoms with E-state index in [0.717, 1.165) is 19.1 Å². The minimum atomic E-state index is -1.74. The molecule has 4 heterocycles. The van der Waals surface area contributed by atoms with Crippen LogP contribution < -0.4 is 31.9 Å². The van der Waals surface area contributed by atoms with E-state index in [2.05, 4.69) is 31.9 Å². The molecule has 4 saturated heterocycles. The number of hydrogen-bond donors (Lipinski definition) is 11. The summed E-state index contributed by atoms with van der Waals surface area (Å²) in [5.74, 6) is -3.49. The third-order valence-corrected chi connectivity index (χ3v) is 11.0. The van der Waals surface area contributed by atoms with Gasteiger partial charge in [-0.15, -0.1) is 0 Å². The lowest BCUT2D eigenvalue weighted by Gasteiger charge is -2.48. The Labute approximate surface area is 308 Å². The summed E-state index contributed by atoms with van der Waals surface area (Å²) >= 11 is 1.74. The average Bonchev–Trinajstić information content (AvgIpc) is 3.65. The van der Waals surface area contributed by atoms with Crippen LogP contribution in [0.5, 0.6) is 0 Å². The Morgan fingerprint density at radius 3 is 2.17 bits per heavy atom. The molecule has 11 N–H and O–H groups in total. The smallest absolute Gasteiger partial charge is 0.326 e. The molecule has 14 unspecified atom stereocenters.